The number of Topliss-reactive ketones (excluding diaryl/α,β-unsaturated/α-hetero) is 1. The minimum Gasteiger partial charge on any atom is -0.455 e. The minimum absolute atomic E-state index is 0.221. The monoisotopic (exact) mass is 402 g/mol. The second-order valence-corrected chi connectivity index (χ2v) is 6.93. The molecule has 0 saturated heterocycles. The fourth-order valence-electron chi connectivity index (χ4n) is 3.20. The van der Waals surface area contributed by atoms with Crippen LogP contribution >= 0.6 is 0 Å². The van der Waals surface area contributed by atoms with Gasteiger partial charge in [-0.1, -0.05) is 42.5 Å². The molecule has 2 heterocycles. The van der Waals surface area contributed by atoms with Crippen molar-refractivity contribution in [3.8, 4) is 0 Å². The highest BCUT2D eigenvalue weighted by molar-refractivity contribution is 6.05. The third-order valence-electron chi connectivity index (χ3n) is 4.75. The van der Waals surface area contributed by atoms with Crippen molar-refractivity contribution in [2.75, 3.05) is 0 Å². The van der Waals surface area contributed by atoms with Crippen LogP contribution in [0.25, 0.3) is 10.9 Å². The molecule has 1 aromatic heterocycles. The van der Waals surface area contributed by atoms with E-state index in [4.69, 9.17) is 9.47 Å². The molecule has 0 saturated carbocycles. The lowest BCUT2D eigenvalue weighted by Gasteiger charge is -2.22. The predicted molar refractivity (Wildman–Crippen MR) is 108 cm³/mol. The number of carbonyl (C=O) groups is 3. The average molecular weight is 402 g/mol. The third-order valence-corrected chi connectivity index (χ3v) is 4.75. The summed E-state index contributed by atoms with van der Waals surface area (Å²) in [6.07, 6.45) is 0. The second-order valence-electron chi connectivity index (χ2n) is 6.93. The van der Waals surface area contributed by atoms with Crippen LogP contribution in [0.4, 0.5) is 0 Å². The average Bonchev–Trinajstić information content (AvgIpc) is 2.99. The molecule has 7 nitrogen and oxygen atoms in total. The van der Waals surface area contributed by atoms with Crippen molar-refractivity contribution in [3.63, 3.8) is 0 Å². The quantitative estimate of drug-likeness (QED) is 0.674. The van der Waals surface area contributed by atoms with E-state index in [0.717, 1.165) is 5.39 Å². The lowest BCUT2D eigenvalue weighted by molar-refractivity contribution is -0.142. The Kier molecular flexibility index (Phi) is 4.79. The molecule has 30 heavy (non-hydrogen) atoms. The molecule has 7 heteroatoms. The number of nitrogens with one attached hydrogen (secondary N) is 1. The highest BCUT2D eigenvalue weighted by Gasteiger charge is 2.51. The number of fused-ring (bicyclic) bond motifs is 1. The minimum atomic E-state index is -1.56. The highest BCUT2D eigenvalue weighted by atomic mass is 16.6. The molecule has 1 amide bonds. The van der Waals surface area contributed by atoms with E-state index in [1.807, 2.05) is 30.3 Å². The van der Waals surface area contributed by atoms with E-state index in [2.05, 4.69) is 10.3 Å². The van der Waals surface area contributed by atoms with Crippen LogP contribution in [0.5, 0.6) is 0 Å². The van der Waals surface area contributed by atoms with Crippen LogP contribution in [0.1, 0.15) is 29.9 Å². The predicted octanol–water partition coefficient (Wildman–Crippen LogP) is 3.21. The van der Waals surface area contributed by atoms with Gasteiger partial charge in [0.05, 0.1) is 11.2 Å². The van der Waals surface area contributed by atoms with E-state index in [9.17, 15) is 14.4 Å². The van der Waals surface area contributed by atoms with E-state index < -0.39 is 23.3 Å². The summed E-state index contributed by atoms with van der Waals surface area (Å²) < 4.78 is 11.0. The van der Waals surface area contributed by atoms with Crippen molar-refractivity contribution in [3.05, 3.63) is 89.6 Å². The number of pyridine rings is 1. The first-order valence-corrected chi connectivity index (χ1v) is 9.27. The van der Waals surface area contributed by atoms with Gasteiger partial charge < -0.3 is 9.47 Å². The van der Waals surface area contributed by atoms with Crippen molar-refractivity contribution in [1.29, 1.82) is 0 Å². The van der Waals surface area contributed by atoms with Gasteiger partial charge in [0.25, 0.3) is 11.7 Å². The van der Waals surface area contributed by atoms with Gasteiger partial charge >= 0.3 is 5.97 Å². The molecule has 1 aliphatic rings. The molecule has 0 radical (unpaired) electrons. The smallest absolute Gasteiger partial charge is 0.308 e. The van der Waals surface area contributed by atoms with E-state index in [-0.39, 0.29) is 11.6 Å². The van der Waals surface area contributed by atoms with Crippen molar-refractivity contribution < 1.29 is 23.9 Å². The Labute approximate surface area is 172 Å². The number of carbonyl (C=O) groups excluding carboxylic acids is 3. The number of hydrogen-bond donors (Lipinski definition) is 1. The number of para-hydroxylation sites is 1. The van der Waals surface area contributed by atoms with Gasteiger partial charge in [-0.25, -0.2) is 4.98 Å². The van der Waals surface area contributed by atoms with E-state index in [1.165, 1.54) is 13.8 Å². The van der Waals surface area contributed by atoms with Gasteiger partial charge in [0, 0.05) is 17.9 Å². The number of ketones is 1. The van der Waals surface area contributed by atoms with Crippen molar-refractivity contribution >= 4 is 28.6 Å². The summed E-state index contributed by atoms with van der Waals surface area (Å²) in [5.74, 6) is -2.39. The Bertz CT molecular complexity index is 1200. The molecule has 0 spiro atoms. The molecule has 0 aliphatic carbocycles. The molecule has 3 aromatic rings. The van der Waals surface area contributed by atoms with Gasteiger partial charge in [-0.3, -0.25) is 19.7 Å². The number of amides is 1. The highest BCUT2D eigenvalue weighted by Crippen LogP contribution is 2.38. The number of esters is 1. The number of rotatable bonds is 4. The van der Waals surface area contributed by atoms with Crippen molar-refractivity contribution in [1.82, 2.24) is 10.3 Å². The molecule has 4 rings (SSSR count). The zero-order valence-corrected chi connectivity index (χ0v) is 16.3. The molecular formula is C23H18N2O5. The second kappa shape index (κ2) is 7.44. The van der Waals surface area contributed by atoms with Crippen LogP contribution in [-0.2, 0) is 24.7 Å². The van der Waals surface area contributed by atoms with E-state index >= 15 is 0 Å². The summed E-state index contributed by atoms with van der Waals surface area (Å²) in [7, 11) is 0. The van der Waals surface area contributed by atoms with E-state index in [0.29, 0.717) is 16.8 Å². The number of nitrogens with zero attached hydrogens (tertiary/aromatic N) is 1. The van der Waals surface area contributed by atoms with Crippen LogP contribution in [-0.4, -0.2) is 22.6 Å². The fourth-order valence-corrected chi connectivity index (χ4v) is 3.20. The van der Waals surface area contributed by atoms with Crippen molar-refractivity contribution in [2.45, 2.75) is 19.4 Å². The lowest BCUT2D eigenvalue weighted by Crippen LogP contribution is -2.33. The molecule has 2 aromatic carbocycles. The molecule has 0 bridgehead atoms. The van der Waals surface area contributed by atoms with Crippen LogP contribution < -0.4 is 5.32 Å². The van der Waals surface area contributed by atoms with Crippen LogP contribution in [0, 0.1) is 0 Å². The van der Waals surface area contributed by atoms with Gasteiger partial charge in [0.15, 0.2) is 0 Å². The van der Waals surface area contributed by atoms with Crippen LogP contribution in [0.15, 0.2) is 78.4 Å². The Morgan fingerprint density at radius 3 is 2.43 bits per heavy atom. The third kappa shape index (κ3) is 3.41. The molecular weight excluding hydrogens is 384 g/mol. The zero-order chi connectivity index (χ0) is 21.3. The van der Waals surface area contributed by atoms with Gasteiger partial charge in [-0.05, 0) is 31.2 Å². The van der Waals surface area contributed by atoms with Gasteiger partial charge in [0.1, 0.15) is 0 Å². The summed E-state index contributed by atoms with van der Waals surface area (Å²) in [6, 6.07) is 19.4. The topological polar surface area (TPSA) is 94.6 Å². The number of benzene rings is 2. The number of ether oxygens (including phenoxy) is 2. The molecule has 1 unspecified atom stereocenters. The lowest BCUT2D eigenvalue weighted by atomic mass is 9.95. The standard InChI is InChI=1S/C23H18N2O5/c1-14(26)29-19-20(27)23(2,18-13-12-15-8-6-7-11-17(15)24-18)30-22(19)25-21(28)16-9-4-3-5-10-16/h3-13H,1-2H3,(H,25,28). The first kappa shape index (κ1) is 19.3. The van der Waals surface area contributed by atoms with Gasteiger partial charge in [-0.2, -0.15) is 0 Å². The van der Waals surface area contributed by atoms with Crippen LogP contribution in [0.3, 0.4) is 0 Å². The summed E-state index contributed by atoms with van der Waals surface area (Å²) in [5.41, 5.74) is -0.183. The van der Waals surface area contributed by atoms with Crippen molar-refractivity contribution in [2.24, 2.45) is 0 Å². The summed E-state index contributed by atoms with van der Waals surface area (Å²) in [4.78, 5) is 41.9. The maximum Gasteiger partial charge on any atom is 0.308 e. The normalized spacial score (nSPS) is 18.3. The molecule has 150 valence electrons. The van der Waals surface area contributed by atoms with E-state index in [1.54, 1.807) is 36.4 Å². The molecule has 0 fully saturated rings. The van der Waals surface area contributed by atoms with Crippen LogP contribution in [0.2, 0.25) is 0 Å². The first-order chi connectivity index (χ1) is 14.4. The number of aromatic nitrogens is 1. The molecule has 1 aliphatic heterocycles. The summed E-state index contributed by atoms with van der Waals surface area (Å²) >= 11 is 0. The Hall–Kier alpha value is -4.00. The maximum absolute atomic E-state index is 13.2. The summed E-state index contributed by atoms with van der Waals surface area (Å²) in [6.45, 7) is 2.69. The number of hydrogen-bond acceptors (Lipinski definition) is 6. The Morgan fingerprint density at radius 1 is 1.00 bits per heavy atom. The summed E-state index contributed by atoms with van der Waals surface area (Å²) in [5, 5.41) is 3.44. The van der Waals surface area contributed by atoms with Gasteiger partial charge in [0.2, 0.25) is 17.2 Å². The van der Waals surface area contributed by atoms with Gasteiger partial charge in [-0.15, -0.1) is 0 Å². The Morgan fingerprint density at radius 2 is 1.70 bits per heavy atom. The fraction of sp³-hybridized carbons (Fsp3) is 0.130. The largest absolute Gasteiger partial charge is 0.455 e. The molecule has 1 N–H and O–H groups in total. The zero-order valence-electron chi connectivity index (χ0n) is 16.3. The molecule has 1 atom stereocenters. The Balaban J connectivity index is 1.71. The first-order valence-electron chi connectivity index (χ1n) is 9.27. The maximum atomic E-state index is 13.2. The SMILES string of the molecule is CC(=O)OC1=C(NC(=O)c2ccccc2)OC(C)(c2ccc3ccccc3n2)C1=O.